The van der Waals surface area contributed by atoms with Crippen molar-refractivity contribution in [3.8, 4) is 0 Å². The molecule has 0 amide bonds. The topological polar surface area (TPSA) is 98.0 Å². The molecule has 5 nitrogen and oxygen atoms in total. The molecular formula is C21H40O5. The third kappa shape index (κ3) is 6.82. The average Bonchev–Trinajstić information content (AvgIpc) is 2.85. The maximum atomic E-state index is 11.1. The van der Waals surface area contributed by atoms with E-state index in [0.29, 0.717) is 25.7 Å². The lowest BCUT2D eigenvalue weighted by atomic mass is 9.75. The molecule has 4 N–H and O–H groups in total. The van der Waals surface area contributed by atoms with E-state index in [4.69, 9.17) is 5.11 Å². The Morgan fingerprint density at radius 2 is 1.77 bits per heavy atom. The summed E-state index contributed by atoms with van der Waals surface area (Å²) in [7, 11) is 0. The summed E-state index contributed by atoms with van der Waals surface area (Å²) in [6.45, 7) is 5.83. The second-order valence-electron chi connectivity index (χ2n) is 8.46. The third-order valence-corrected chi connectivity index (χ3v) is 6.29. The molecular weight excluding hydrogens is 332 g/mol. The molecule has 1 rings (SSSR count). The van der Waals surface area contributed by atoms with E-state index in [1.54, 1.807) is 6.92 Å². The molecule has 6 unspecified atom stereocenters. The van der Waals surface area contributed by atoms with E-state index in [1.807, 2.05) is 6.92 Å². The summed E-state index contributed by atoms with van der Waals surface area (Å²) in [6, 6.07) is 0. The quantitative estimate of drug-likeness (QED) is 0.369. The van der Waals surface area contributed by atoms with E-state index in [0.717, 1.165) is 44.9 Å². The second-order valence-corrected chi connectivity index (χ2v) is 8.46. The van der Waals surface area contributed by atoms with Gasteiger partial charge < -0.3 is 20.4 Å². The fourth-order valence-electron chi connectivity index (χ4n) is 4.69. The highest BCUT2D eigenvalue weighted by Crippen LogP contribution is 2.44. The van der Waals surface area contributed by atoms with Crippen molar-refractivity contribution in [2.24, 2.45) is 17.8 Å². The SMILES string of the molecule is CCCCCC(C)(O)C1C(O)CC(O)C1CCCCCC(CC)C(=O)O. The molecule has 0 aromatic heterocycles. The number of aliphatic hydroxyl groups is 3. The van der Waals surface area contributed by atoms with Crippen molar-refractivity contribution in [1.82, 2.24) is 0 Å². The van der Waals surface area contributed by atoms with Crippen LogP contribution in [-0.2, 0) is 4.79 Å². The lowest BCUT2D eigenvalue weighted by molar-refractivity contribution is -0.142. The highest BCUT2D eigenvalue weighted by molar-refractivity contribution is 5.69. The Kier molecular flexibility index (Phi) is 10.1. The smallest absolute Gasteiger partial charge is 0.306 e. The Balaban J connectivity index is 2.50. The summed E-state index contributed by atoms with van der Waals surface area (Å²) in [5.74, 6) is -1.34. The molecule has 5 heteroatoms. The number of rotatable bonds is 13. The van der Waals surface area contributed by atoms with E-state index in [1.165, 1.54) is 0 Å². The van der Waals surface area contributed by atoms with Crippen LogP contribution in [-0.4, -0.2) is 44.2 Å². The maximum Gasteiger partial charge on any atom is 0.306 e. The molecule has 0 aromatic carbocycles. The first-order chi connectivity index (χ1) is 12.2. The van der Waals surface area contributed by atoms with Gasteiger partial charge in [0, 0.05) is 5.92 Å². The van der Waals surface area contributed by atoms with Gasteiger partial charge in [-0.1, -0.05) is 52.4 Å². The highest BCUT2D eigenvalue weighted by atomic mass is 16.4. The minimum atomic E-state index is -0.951. The number of aliphatic hydroxyl groups excluding tert-OH is 2. The van der Waals surface area contributed by atoms with Crippen LogP contribution < -0.4 is 0 Å². The zero-order valence-electron chi connectivity index (χ0n) is 16.9. The first-order valence-corrected chi connectivity index (χ1v) is 10.6. The molecule has 1 aliphatic carbocycles. The minimum Gasteiger partial charge on any atom is -0.481 e. The fraction of sp³-hybridized carbons (Fsp3) is 0.952. The number of carbonyl (C=O) groups is 1. The summed E-state index contributed by atoms with van der Waals surface area (Å²) in [4.78, 5) is 11.1. The second kappa shape index (κ2) is 11.3. The lowest BCUT2D eigenvalue weighted by Gasteiger charge is -2.37. The van der Waals surface area contributed by atoms with Gasteiger partial charge >= 0.3 is 5.97 Å². The van der Waals surface area contributed by atoms with Gasteiger partial charge in [0.1, 0.15) is 0 Å². The van der Waals surface area contributed by atoms with Gasteiger partial charge in [-0.15, -0.1) is 0 Å². The van der Waals surface area contributed by atoms with Crippen molar-refractivity contribution in [2.75, 3.05) is 0 Å². The molecule has 0 spiro atoms. The van der Waals surface area contributed by atoms with Crippen LogP contribution in [0.4, 0.5) is 0 Å². The van der Waals surface area contributed by atoms with E-state index in [2.05, 4.69) is 6.92 Å². The molecule has 0 aliphatic heterocycles. The monoisotopic (exact) mass is 372 g/mol. The van der Waals surface area contributed by atoms with Crippen LogP contribution in [0.25, 0.3) is 0 Å². The fourth-order valence-corrected chi connectivity index (χ4v) is 4.69. The number of carboxylic acid groups (broad SMARTS) is 1. The van der Waals surface area contributed by atoms with Gasteiger partial charge in [-0.2, -0.15) is 0 Å². The number of unbranched alkanes of at least 4 members (excludes halogenated alkanes) is 4. The van der Waals surface area contributed by atoms with E-state index in [9.17, 15) is 20.1 Å². The number of hydrogen-bond donors (Lipinski definition) is 4. The van der Waals surface area contributed by atoms with Gasteiger partial charge in [0.15, 0.2) is 0 Å². The molecule has 6 atom stereocenters. The molecule has 1 saturated carbocycles. The Labute approximate surface area is 158 Å². The molecule has 0 bridgehead atoms. The van der Waals surface area contributed by atoms with E-state index in [-0.39, 0.29) is 17.8 Å². The van der Waals surface area contributed by atoms with Crippen LogP contribution in [0, 0.1) is 17.8 Å². The van der Waals surface area contributed by atoms with Crippen molar-refractivity contribution in [3.63, 3.8) is 0 Å². The first-order valence-electron chi connectivity index (χ1n) is 10.6. The summed E-state index contributed by atoms with van der Waals surface area (Å²) in [5.41, 5.74) is -0.951. The molecule has 0 heterocycles. The van der Waals surface area contributed by atoms with Crippen molar-refractivity contribution >= 4 is 5.97 Å². The van der Waals surface area contributed by atoms with Crippen molar-refractivity contribution < 1.29 is 25.2 Å². The van der Waals surface area contributed by atoms with Crippen LogP contribution in [0.2, 0.25) is 0 Å². The summed E-state index contributed by atoms with van der Waals surface area (Å²) >= 11 is 0. The Morgan fingerprint density at radius 3 is 2.35 bits per heavy atom. The average molecular weight is 373 g/mol. The molecule has 26 heavy (non-hydrogen) atoms. The zero-order valence-corrected chi connectivity index (χ0v) is 16.9. The molecule has 0 radical (unpaired) electrons. The standard InChI is InChI=1S/C21H40O5/c1-4-6-10-13-21(3,26)19-16(17(22)14-18(19)23)12-9-7-8-11-15(5-2)20(24)25/h15-19,22-23,26H,4-14H2,1-3H3,(H,24,25). The normalized spacial score (nSPS) is 29.5. The first kappa shape index (κ1) is 23.4. The van der Waals surface area contributed by atoms with Gasteiger partial charge in [0.25, 0.3) is 0 Å². The van der Waals surface area contributed by atoms with Crippen molar-refractivity contribution in [3.05, 3.63) is 0 Å². The predicted octanol–water partition coefficient (Wildman–Crippen LogP) is 3.74. The van der Waals surface area contributed by atoms with E-state index >= 15 is 0 Å². The summed E-state index contributed by atoms with van der Waals surface area (Å²) < 4.78 is 0. The third-order valence-electron chi connectivity index (χ3n) is 6.29. The Hall–Kier alpha value is -0.650. The number of hydrogen-bond acceptors (Lipinski definition) is 4. The Morgan fingerprint density at radius 1 is 1.08 bits per heavy atom. The lowest BCUT2D eigenvalue weighted by Crippen LogP contribution is -2.43. The van der Waals surface area contributed by atoms with Crippen LogP contribution >= 0.6 is 0 Å². The molecule has 0 aromatic rings. The van der Waals surface area contributed by atoms with Gasteiger partial charge in [-0.05, 0) is 44.9 Å². The van der Waals surface area contributed by atoms with Crippen molar-refractivity contribution in [1.29, 1.82) is 0 Å². The number of aliphatic carboxylic acids is 1. The molecule has 154 valence electrons. The summed E-state index contributed by atoms with van der Waals surface area (Å²) in [6.07, 6.45) is 7.69. The van der Waals surface area contributed by atoms with Crippen LogP contribution in [0.1, 0.15) is 91.4 Å². The van der Waals surface area contributed by atoms with Gasteiger partial charge in [0.2, 0.25) is 0 Å². The van der Waals surface area contributed by atoms with Gasteiger partial charge in [-0.3, -0.25) is 4.79 Å². The van der Waals surface area contributed by atoms with Crippen LogP contribution in [0.5, 0.6) is 0 Å². The molecule has 1 aliphatic rings. The van der Waals surface area contributed by atoms with Crippen molar-refractivity contribution in [2.45, 2.75) is 109 Å². The van der Waals surface area contributed by atoms with Gasteiger partial charge in [-0.25, -0.2) is 0 Å². The maximum absolute atomic E-state index is 11.1. The number of carboxylic acids is 1. The summed E-state index contributed by atoms with van der Waals surface area (Å²) in [5, 5.41) is 40.8. The predicted molar refractivity (Wildman–Crippen MR) is 103 cm³/mol. The van der Waals surface area contributed by atoms with Gasteiger partial charge in [0.05, 0.1) is 23.7 Å². The zero-order chi connectivity index (χ0) is 19.7. The molecule has 0 saturated heterocycles. The van der Waals surface area contributed by atoms with E-state index < -0.39 is 23.8 Å². The van der Waals surface area contributed by atoms with Crippen LogP contribution in [0.15, 0.2) is 0 Å². The molecule has 1 fully saturated rings. The minimum absolute atomic E-state index is 0.0805. The Bertz CT molecular complexity index is 409. The largest absolute Gasteiger partial charge is 0.481 e. The van der Waals surface area contributed by atoms with Crippen LogP contribution in [0.3, 0.4) is 0 Å². The highest BCUT2D eigenvalue weighted by Gasteiger charge is 2.49.